The van der Waals surface area contributed by atoms with E-state index < -0.39 is 0 Å². The fraction of sp³-hybridized carbons (Fsp3) is 0.600. The summed E-state index contributed by atoms with van der Waals surface area (Å²) in [5, 5.41) is 4.25. The molecule has 1 aromatic carbocycles. The molecule has 3 heteroatoms. The molecule has 1 aliphatic heterocycles. The van der Waals surface area contributed by atoms with Crippen LogP contribution < -0.4 is 10.2 Å². The number of hydrogen-bond donors (Lipinski definition) is 1. The van der Waals surface area contributed by atoms with Crippen molar-refractivity contribution in [2.75, 3.05) is 24.5 Å². The van der Waals surface area contributed by atoms with Crippen molar-refractivity contribution in [2.24, 2.45) is 0 Å². The maximum Gasteiger partial charge on any atom is 0.0426 e. The molecule has 1 fully saturated rings. The summed E-state index contributed by atoms with van der Waals surface area (Å²) in [6.07, 6.45) is 5.32. The number of benzene rings is 1. The number of nitrogens with zero attached hydrogens (tertiary/aromatic N) is 1. The average molecular weight is 267 g/mol. The maximum absolute atomic E-state index is 6.16. The third-order valence-corrected chi connectivity index (χ3v) is 3.79. The molecule has 2 rings (SSSR count). The van der Waals surface area contributed by atoms with Gasteiger partial charge in [-0.15, -0.1) is 0 Å². The Balaban J connectivity index is 2.19. The standard InChI is InChI=1S/C15H23ClN2/c1-2-17-12-13-7-8-14(16)11-15(13)18-9-5-3-4-6-10-18/h7-8,11,17H,2-6,9-10,12H2,1H3. The van der Waals surface area contributed by atoms with Crippen LogP contribution in [0.1, 0.15) is 38.2 Å². The van der Waals surface area contributed by atoms with Crippen LogP contribution in [0.15, 0.2) is 18.2 Å². The lowest BCUT2D eigenvalue weighted by Gasteiger charge is -2.26. The van der Waals surface area contributed by atoms with Crippen molar-refractivity contribution < 1.29 is 0 Å². The van der Waals surface area contributed by atoms with Gasteiger partial charge in [0.1, 0.15) is 0 Å². The molecule has 0 unspecified atom stereocenters. The van der Waals surface area contributed by atoms with E-state index in [4.69, 9.17) is 11.6 Å². The second-order valence-electron chi connectivity index (χ2n) is 4.95. The Kier molecular flexibility index (Phi) is 5.33. The molecule has 0 saturated carbocycles. The van der Waals surface area contributed by atoms with E-state index in [9.17, 15) is 0 Å². The van der Waals surface area contributed by atoms with Gasteiger partial charge in [0, 0.05) is 30.3 Å². The lowest BCUT2D eigenvalue weighted by molar-refractivity contribution is 0.716. The van der Waals surface area contributed by atoms with Gasteiger partial charge in [-0.25, -0.2) is 0 Å². The van der Waals surface area contributed by atoms with Crippen LogP contribution in [0.25, 0.3) is 0 Å². The Morgan fingerprint density at radius 1 is 1.17 bits per heavy atom. The summed E-state index contributed by atoms with van der Waals surface area (Å²) in [6, 6.07) is 6.28. The molecule has 0 aromatic heterocycles. The number of nitrogens with one attached hydrogen (secondary N) is 1. The minimum atomic E-state index is 0.842. The third kappa shape index (κ3) is 3.63. The van der Waals surface area contributed by atoms with Crippen molar-refractivity contribution in [1.82, 2.24) is 5.32 Å². The van der Waals surface area contributed by atoms with Gasteiger partial charge in [-0.2, -0.15) is 0 Å². The van der Waals surface area contributed by atoms with Crippen LogP contribution in [0.3, 0.4) is 0 Å². The van der Waals surface area contributed by atoms with E-state index in [2.05, 4.69) is 29.3 Å². The summed E-state index contributed by atoms with van der Waals surface area (Å²) >= 11 is 6.16. The predicted molar refractivity (Wildman–Crippen MR) is 79.5 cm³/mol. The molecule has 0 aliphatic carbocycles. The molecule has 0 atom stereocenters. The predicted octanol–water partition coefficient (Wildman–Crippen LogP) is 3.83. The van der Waals surface area contributed by atoms with Crippen molar-refractivity contribution in [1.29, 1.82) is 0 Å². The van der Waals surface area contributed by atoms with E-state index in [0.29, 0.717) is 0 Å². The van der Waals surface area contributed by atoms with Crippen LogP contribution >= 0.6 is 11.6 Å². The highest BCUT2D eigenvalue weighted by molar-refractivity contribution is 6.30. The van der Waals surface area contributed by atoms with Gasteiger partial charge in [0.25, 0.3) is 0 Å². The summed E-state index contributed by atoms with van der Waals surface area (Å²) in [7, 11) is 0. The van der Waals surface area contributed by atoms with E-state index in [1.807, 2.05) is 6.07 Å². The molecular formula is C15H23ClN2. The van der Waals surface area contributed by atoms with Crippen LogP contribution in [-0.2, 0) is 6.54 Å². The van der Waals surface area contributed by atoms with Crippen molar-refractivity contribution in [2.45, 2.75) is 39.2 Å². The molecule has 1 saturated heterocycles. The normalized spacial score (nSPS) is 16.7. The first-order valence-corrected chi connectivity index (χ1v) is 7.43. The fourth-order valence-corrected chi connectivity index (χ4v) is 2.72. The number of halogens is 1. The molecular weight excluding hydrogens is 244 g/mol. The van der Waals surface area contributed by atoms with Crippen molar-refractivity contribution in [3.05, 3.63) is 28.8 Å². The second-order valence-corrected chi connectivity index (χ2v) is 5.39. The summed E-state index contributed by atoms with van der Waals surface area (Å²) in [5.74, 6) is 0. The molecule has 1 N–H and O–H groups in total. The topological polar surface area (TPSA) is 15.3 Å². The molecule has 0 amide bonds. The Morgan fingerprint density at radius 2 is 1.89 bits per heavy atom. The SMILES string of the molecule is CCNCc1ccc(Cl)cc1N1CCCCCC1. The summed E-state index contributed by atoms with van der Waals surface area (Å²) in [4.78, 5) is 2.51. The molecule has 0 radical (unpaired) electrons. The Labute approximate surface area is 115 Å². The molecule has 1 aromatic rings. The second kappa shape index (κ2) is 7.01. The highest BCUT2D eigenvalue weighted by Crippen LogP contribution is 2.27. The van der Waals surface area contributed by atoms with Crippen LogP contribution in [0.5, 0.6) is 0 Å². The van der Waals surface area contributed by atoms with Gasteiger partial charge in [-0.3, -0.25) is 0 Å². The minimum Gasteiger partial charge on any atom is -0.371 e. The maximum atomic E-state index is 6.16. The fourth-order valence-electron chi connectivity index (χ4n) is 2.55. The highest BCUT2D eigenvalue weighted by atomic mass is 35.5. The van der Waals surface area contributed by atoms with Crippen LogP contribution in [-0.4, -0.2) is 19.6 Å². The first-order chi connectivity index (χ1) is 8.81. The van der Waals surface area contributed by atoms with Crippen LogP contribution in [0.2, 0.25) is 5.02 Å². The lowest BCUT2D eigenvalue weighted by atomic mass is 10.1. The largest absolute Gasteiger partial charge is 0.371 e. The Bertz CT molecular complexity index is 371. The Hall–Kier alpha value is -0.730. The van der Waals surface area contributed by atoms with E-state index >= 15 is 0 Å². The zero-order chi connectivity index (χ0) is 12.8. The van der Waals surface area contributed by atoms with E-state index in [1.54, 1.807) is 0 Å². The minimum absolute atomic E-state index is 0.842. The van der Waals surface area contributed by atoms with Gasteiger partial charge in [0.2, 0.25) is 0 Å². The Morgan fingerprint density at radius 3 is 2.56 bits per heavy atom. The van der Waals surface area contributed by atoms with E-state index in [0.717, 1.165) is 18.1 Å². The molecule has 0 bridgehead atoms. The average Bonchev–Trinajstić information content (AvgIpc) is 2.66. The molecule has 18 heavy (non-hydrogen) atoms. The van der Waals surface area contributed by atoms with Crippen molar-refractivity contribution in [3.8, 4) is 0 Å². The van der Waals surface area contributed by atoms with Crippen molar-refractivity contribution in [3.63, 3.8) is 0 Å². The molecule has 0 spiro atoms. The zero-order valence-corrected chi connectivity index (χ0v) is 12.0. The van der Waals surface area contributed by atoms with Gasteiger partial charge in [-0.05, 0) is 37.1 Å². The highest BCUT2D eigenvalue weighted by Gasteiger charge is 2.13. The lowest BCUT2D eigenvalue weighted by Crippen LogP contribution is -2.26. The van der Waals surface area contributed by atoms with Gasteiger partial charge >= 0.3 is 0 Å². The summed E-state index contributed by atoms with van der Waals surface area (Å²) < 4.78 is 0. The zero-order valence-electron chi connectivity index (χ0n) is 11.2. The van der Waals surface area contributed by atoms with E-state index in [-0.39, 0.29) is 0 Å². The van der Waals surface area contributed by atoms with Crippen LogP contribution in [0.4, 0.5) is 5.69 Å². The smallest absolute Gasteiger partial charge is 0.0426 e. The van der Waals surface area contributed by atoms with E-state index in [1.165, 1.54) is 50.0 Å². The number of hydrogen-bond acceptors (Lipinski definition) is 2. The monoisotopic (exact) mass is 266 g/mol. The van der Waals surface area contributed by atoms with Gasteiger partial charge in [0.15, 0.2) is 0 Å². The van der Waals surface area contributed by atoms with Gasteiger partial charge in [-0.1, -0.05) is 37.4 Å². The quantitative estimate of drug-likeness (QED) is 0.891. The summed E-state index contributed by atoms with van der Waals surface area (Å²) in [5.41, 5.74) is 2.69. The first-order valence-electron chi connectivity index (χ1n) is 7.05. The molecule has 100 valence electrons. The summed E-state index contributed by atoms with van der Waals surface area (Å²) in [6.45, 7) is 6.40. The molecule has 2 nitrogen and oxygen atoms in total. The molecule has 1 heterocycles. The van der Waals surface area contributed by atoms with Crippen LogP contribution in [0, 0.1) is 0 Å². The van der Waals surface area contributed by atoms with Gasteiger partial charge in [0.05, 0.1) is 0 Å². The number of rotatable bonds is 4. The third-order valence-electron chi connectivity index (χ3n) is 3.56. The molecule has 1 aliphatic rings. The first kappa shape index (κ1) is 13.7. The number of anilines is 1. The van der Waals surface area contributed by atoms with Gasteiger partial charge < -0.3 is 10.2 Å². The van der Waals surface area contributed by atoms with Crippen molar-refractivity contribution >= 4 is 17.3 Å².